The van der Waals surface area contributed by atoms with Crippen LogP contribution in [0.2, 0.25) is 5.02 Å². The third-order valence-corrected chi connectivity index (χ3v) is 4.31. The van der Waals surface area contributed by atoms with E-state index in [1.807, 2.05) is 0 Å². The average molecular weight is 310 g/mol. The quantitative estimate of drug-likeness (QED) is 0.818. The van der Waals surface area contributed by atoms with Gasteiger partial charge in [-0.3, -0.25) is 4.79 Å². The number of anilines is 2. The van der Waals surface area contributed by atoms with E-state index in [-0.39, 0.29) is 5.91 Å². The third-order valence-electron chi connectivity index (χ3n) is 4.08. The molecule has 0 radical (unpaired) electrons. The number of nitrogen functional groups attached to an aromatic ring is 1. The SMILES string of the molecule is CC1CCCCN1CCCC(=O)Nc1ccc(Cl)cc1N. The topological polar surface area (TPSA) is 58.4 Å². The number of likely N-dealkylation sites (tertiary alicyclic amines) is 1. The summed E-state index contributed by atoms with van der Waals surface area (Å²) in [5.41, 5.74) is 6.96. The minimum Gasteiger partial charge on any atom is -0.397 e. The molecule has 2 rings (SSSR count). The Morgan fingerprint density at radius 1 is 1.48 bits per heavy atom. The number of carbonyl (C=O) groups is 1. The molecule has 1 atom stereocenters. The Labute approximate surface area is 131 Å². The maximum Gasteiger partial charge on any atom is 0.224 e. The first-order valence-corrected chi connectivity index (χ1v) is 8.03. The summed E-state index contributed by atoms with van der Waals surface area (Å²) in [5.74, 6) is 0.00804. The smallest absolute Gasteiger partial charge is 0.224 e. The predicted molar refractivity (Wildman–Crippen MR) is 88.6 cm³/mol. The van der Waals surface area contributed by atoms with Crippen molar-refractivity contribution >= 4 is 28.9 Å². The number of nitrogens with one attached hydrogen (secondary N) is 1. The number of hydrogen-bond donors (Lipinski definition) is 2. The Kier molecular flexibility index (Phi) is 5.88. The molecule has 21 heavy (non-hydrogen) atoms. The second kappa shape index (κ2) is 7.66. The lowest BCUT2D eigenvalue weighted by atomic mass is 10.0. The van der Waals surface area contributed by atoms with Crippen molar-refractivity contribution in [3.8, 4) is 0 Å². The van der Waals surface area contributed by atoms with Gasteiger partial charge in [0.1, 0.15) is 0 Å². The fourth-order valence-corrected chi connectivity index (χ4v) is 2.97. The molecule has 0 saturated carbocycles. The molecule has 5 heteroatoms. The van der Waals surface area contributed by atoms with Crippen molar-refractivity contribution in [3.05, 3.63) is 23.2 Å². The molecule has 0 bridgehead atoms. The second-order valence-electron chi connectivity index (χ2n) is 5.76. The largest absolute Gasteiger partial charge is 0.397 e. The van der Waals surface area contributed by atoms with Crippen LogP contribution in [0.4, 0.5) is 11.4 Å². The monoisotopic (exact) mass is 309 g/mol. The molecule has 116 valence electrons. The van der Waals surface area contributed by atoms with Gasteiger partial charge in [-0.2, -0.15) is 0 Å². The highest BCUT2D eigenvalue weighted by molar-refractivity contribution is 6.31. The number of amides is 1. The van der Waals surface area contributed by atoms with Crippen LogP contribution in [0.1, 0.15) is 39.0 Å². The molecule has 0 spiro atoms. The number of rotatable bonds is 5. The third kappa shape index (κ3) is 4.90. The molecule has 1 unspecified atom stereocenters. The summed E-state index contributed by atoms with van der Waals surface area (Å²) in [6, 6.07) is 5.76. The van der Waals surface area contributed by atoms with E-state index in [1.165, 1.54) is 19.3 Å². The van der Waals surface area contributed by atoms with E-state index in [4.69, 9.17) is 17.3 Å². The van der Waals surface area contributed by atoms with Crippen molar-refractivity contribution in [2.75, 3.05) is 24.1 Å². The Balaban J connectivity index is 1.74. The molecule has 1 aromatic carbocycles. The number of hydrogen-bond acceptors (Lipinski definition) is 3. The molecule has 1 aliphatic rings. The molecule has 0 aliphatic carbocycles. The molecule has 3 N–H and O–H groups in total. The molecule has 1 fully saturated rings. The van der Waals surface area contributed by atoms with Crippen LogP contribution >= 0.6 is 11.6 Å². The number of benzene rings is 1. The second-order valence-corrected chi connectivity index (χ2v) is 6.20. The summed E-state index contributed by atoms with van der Waals surface area (Å²) < 4.78 is 0. The Morgan fingerprint density at radius 3 is 3.00 bits per heavy atom. The van der Waals surface area contributed by atoms with Crippen LogP contribution in [-0.4, -0.2) is 29.9 Å². The first-order valence-electron chi connectivity index (χ1n) is 7.65. The van der Waals surface area contributed by atoms with Gasteiger partial charge >= 0.3 is 0 Å². The van der Waals surface area contributed by atoms with E-state index in [0.717, 1.165) is 19.5 Å². The summed E-state index contributed by atoms with van der Waals surface area (Å²) in [4.78, 5) is 14.4. The Bertz CT molecular complexity index is 492. The van der Waals surface area contributed by atoms with Crippen LogP contribution in [0.5, 0.6) is 0 Å². The molecule has 1 saturated heterocycles. The Hall–Kier alpha value is -1.26. The van der Waals surface area contributed by atoms with Crippen LogP contribution in [0.15, 0.2) is 18.2 Å². The molecule has 1 aliphatic heterocycles. The molecule has 1 amide bonds. The van der Waals surface area contributed by atoms with Crippen molar-refractivity contribution in [1.82, 2.24) is 4.90 Å². The highest BCUT2D eigenvalue weighted by atomic mass is 35.5. The zero-order valence-electron chi connectivity index (χ0n) is 12.6. The van der Waals surface area contributed by atoms with Gasteiger partial charge in [0.05, 0.1) is 11.4 Å². The van der Waals surface area contributed by atoms with Crippen LogP contribution in [-0.2, 0) is 4.79 Å². The normalized spacial score (nSPS) is 19.4. The number of nitrogens with two attached hydrogens (primary N) is 1. The first kappa shape index (κ1) is 16.1. The number of halogens is 1. The van der Waals surface area contributed by atoms with Crippen molar-refractivity contribution in [1.29, 1.82) is 0 Å². The van der Waals surface area contributed by atoms with E-state index >= 15 is 0 Å². The fourth-order valence-electron chi connectivity index (χ4n) is 2.79. The maximum absolute atomic E-state index is 12.0. The lowest BCUT2D eigenvalue weighted by Crippen LogP contribution is -2.38. The van der Waals surface area contributed by atoms with Crippen LogP contribution in [0, 0.1) is 0 Å². The summed E-state index contributed by atoms with van der Waals surface area (Å²) in [5, 5.41) is 3.42. The summed E-state index contributed by atoms with van der Waals surface area (Å²) in [7, 11) is 0. The first-order chi connectivity index (χ1) is 10.1. The van der Waals surface area contributed by atoms with E-state index in [9.17, 15) is 4.79 Å². The molecule has 1 heterocycles. The zero-order chi connectivity index (χ0) is 15.2. The highest BCUT2D eigenvalue weighted by Crippen LogP contribution is 2.23. The molecule has 0 aromatic heterocycles. The lowest BCUT2D eigenvalue weighted by Gasteiger charge is -2.33. The molecular weight excluding hydrogens is 286 g/mol. The van der Waals surface area contributed by atoms with Crippen molar-refractivity contribution < 1.29 is 4.79 Å². The standard InChI is InChI=1S/C16H24ClN3O/c1-12-5-2-3-9-20(12)10-4-6-16(21)19-15-8-7-13(17)11-14(15)18/h7-8,11-12H,2-6,9-10,18H2,1H3,(H,19,21). The predicted octanol–water partition coefficient (Wildman–Crippen LogP) is 3.52. The average Bonchev–Trinajstić information content (AvgIpc) is 2.44. The van der Waals surface area contributed by atoms with Crippen molar-refractivity contribution in [2.24, 2.45) is 0 Å². The fraction of sp³-hybridized carbons (Fsp3) is 0.562. The zero-order valence-corrected chi connectivity index (χ0v) is 13.3. The lowest BCUT2D eigenvalue weighted by molar-refractivity contribution is -0.116. The minimum atomic E-state index is 0.00804. The number of nitrogens with zero attached hydrogens (tertiary/aromatic N) is 1. The van der Waals surface area contributed by atoms with Gasteiger partial charge in [0, 0.05) is 17.5 Å². The van der Waals surface area contributed by atoms with Gasteiger partial charge < -0.3 is 16.0 Å². The molecule has 1 aromatic rings. The number of piperidine rings is 1. The van der Waals surface area contributed by atoms with E-state index in [1.54, 1.807) is 18.2 Å². The summed E-state index contributed by atoms with van der Waals surface area (Å²) in [6.07, 6.45) is 5.27. The van der Waals surface area contributed by atoms with Gasteiger partial charge in [0.15, 0.2) is 0 Å². The van der Waals surface area contributed by atoms with Crippen molar-refractivity contribution in [3.63, 3.8) is 0 Å². The van der Waals surface area contributed by atoms with Crippen LogP contribution in [0.3, 0.4) is 0 Å². The number of carbonyl (C=O) groups excluding carboxylic acids is 1. The van der Waals surface area contributed by atoms with Gasteiger partial charge in [-0.25, -0.2) is 0 Å². The Morgan fingerprint density at radius 2 is 2.29 bits per heavy atom. The van der Waals surface area contributed by atoms with Crippen LogP contribution < -0.4 is 11.1 Å². The summed E-state index contributed by atoms with van der Waals surface area (Å²) >= 11 is 5.84. The van der Waals surface area contributed by atoms with Crippen LogP contribution in [0.25, 0.3) is 0 Å². The highest BCUT2D eigenvalue weighted by Gasteiger charge is 2.17. The van der Waals surface area contributed by atoms with E-state index in [2.05, 4.69) is 17.1 Å². The van der Waals surface area contributed by atoms with Gasteiger partial charge in [-0.05, 0) is 57.5 Å². The van der Waals surface area contributed by atoms with Gasteiger partial charge in [0.25, 0.3) is 0 Å². The van der Waals surface area contributed by atoms with E-state index < -0.39 is 0 Å². The van der Waals surface area contributed by atoms with Gasteiger partial charge in [-0.1, -0.05) is 18.0 Å². The minimum absolute atomic E-state index is 0.00804. The summed E-state index contributed by atoms with van der Waals surface area (Å²) in [6.45, 7) is 4.42. The molecular formula is C16H24ClN3O. The molecule has 4 nitrogen and oxygen atoms in total. The van der Waals surface area contributed by atoms with E-state index in [0.29, 0.717) is 28.9 Å². The van der Waals surface area contributed by atoms with Gasteiger partial charge in [0.2, 0.25) is 5.91 Å². The van der Waals surface area contributed by atoms with Gasteiger partial charge in [-0.15, -0.1) is 0 Å². The maximum atomic E-state index is 12.0. The van der Waals surface area contributed by atoms with Crippen molar-refractivity contribution in [2.45, 2.75) is 45.1 Å².